The summed E-state index contributed by atoms with van der Waals surface area (Å²) >= 11 is 0. The quantitative estimate of drug-likeness (QED) is 0.226. The molecule has 0 spiro atoms. The van der Waals surface area contributed by atoms with Crippen molar-refractivity contribution in [1.29, 1.82) is 0 Å². The Labute approximate surface area is 260 Å². The van der Waals surface area contributed by atoms with Crippen LogP contribution in [0.1, 0.15) is 22.9 Å². The molecule has 1 atom stereocenters. The molecule has 7 aromatic carbocycles. The zero-order valence-electron chi connectivity index (χ0n) is 24.3. The van der Waals surface area contributed by atoms with Crippen LogP contribution in [-0.4, -0.2) is 11.7 Å². The van der Waals surface area contributed by atoms with Crippen LogP contribution in [0.5, 0.6) is 0 Å². The Morgan fingerprint density at radius 3 is 1.82 bits per heavy atom. The Kier molecular flexibility index (Phi) is 5.85. The maximum atomic E-state index is 6.21. The minimum absolute atomic E-state index is 0.438. The highest BCUT2D eigenvalue weighted by atomic mass is 16.3. The van der Waals surface area contributed by atoms with Crippen molar-refractivity contribution in [2.24, 2.45) is 9.98 Å². The van der Waals surface area contributed by atoms with E-state index in [1.54, 1.807) is 0 Å². The molecule has 45 heavy (non-hydrogen) atoms. The monoisotopic (exact) mass is 577 g/mol. The van der Waals surface area contributed by atoms with Crippen molar-refractivity contribution in [3.63, 3.8) is 0 Å². The predicted octanol–water partition coefficient (Wildman–Crippen LogP) is 10.1. The topological polar surface area (TPSA) is 49.9 Å². The molecule has 0 aliphatic carbocycles. The van der Waals surface area contributed by atoms with Crippen molar-refractivity contribution >= 4 is 55.2 Å². The highest BCUT2D eigenvalue weighted by Gasteiger charge is 2.24. The molecule has 0 radical (unpaired) electrons. The maximum Gasteiger partial charge on any atom is 0.170 e. The van der Waals surface area contributed by atoms with E-state index in [-0.39, 0.29) is 0 Å². The zero-order chi connectivity index (χ0) is 29.7. The lowest BCUT2D eigenvalue weighted by molar-refractivity contribution is 0.667. The van der Waals surface area contributed by atoms with Crippen LogP contribution in [0, 0.1) is 0 Å². The normalized spacial score (nSPS) is 14.9. The molecule has 0 saturated carbocycles. The lowest BCUT2D eigenvalue weighted by Gasteiger charge is -2.23. The van der Waals surface area contributed by atoms with E-state index in [0.29, 0.717) is 0 Å². The SMILES string of the molecule is c1ccc(C2=NC(c3cccc4oc5ccccc5c34)N=C(c3ccc4cc(-c5ccc6ccccc6c5)ccc4c3)N2)cc1. The van der Waals surface area contributed by atoms with Gasteiger partial charge < -0.3 is 9.73 Å². The van der Waals surface area contributed by atoms with Crippen LogP contribution in [0.25, 0.3) is 54.6 Å². The number of rotatable bonds is 4. The number of nitrogens with zero attached hydrogens (tertiary/aromatic N) is 2. The van der Waals surface area contributed by atoms with Crippen LogP contribution >= 0.6 is 0 Å². The first kappa shape index (κ1) is 25.5. The molecule has 9 rings (SSSR count). The Hall–Kier alpha value is -6.00. The molecule has 1 aliphatic rings. The van der Waals surface area contributed by atoms with Crippen molar-refractivity contribution in [3.8, 4) is 11.1 Å². The average Bonchev–Trinajstić information content (AvgIpc) is 3.50. The number of benzene rings is 7. The fraction of sp³-hybridized carbons (Fsp3) is 0.0244. The minimum Gasteiger partial charge on any atom is -0.456 e. The van der Waals surface area contributed by atoms with Gasteiger partial charge in [0.2, 0.25) is 0 Å². The standard InChI is InChI=1S/C41H27N3O/c1-2-10-27(11-3-1)39-42-40(44-41(43-39)35-14-8-16-37-38(35)34-13-6-7-15-36(34)45-37)33-22-21-31-24-30(19-20-32(31)25-33)29-18-17-26-9-4-5-12-28(26)23-29/h1-25,41H,(H,42,43,44). The van der Waals surface area contributed by atoms with Gasteiger partial charge in [0, 0.05) is 27.5 Å². The Bertz CT molecular complexity index is 2470. The first-order chi connectivity index (χ1) is 22.3. The molecule has 0 saturated heterocycles. The lowest BCUT2D eigenvalue weighted by Crippen LogP contribution is -2.36. The summed E-state index contributed by atoms with van der Waals surface area (Å²) in [6, 6.07) is 52.9. The molecule has 0 amide bonds. The van der Waals surface area contributed by atoms with Gasteiger partial charge in [0.15, 0.2) is 6.17 Å². The third-order valence-electron chi connectivity index (χ3n) is 8.70. The molecule has 4 heteroatoms. The fourth-order valence-corrected chi connectivity index (χ4v) is 6.44. The third kappa shape index (κ3) is 4.47. The van der Waals surface area contributed by atoms with Crippen molar-refractivity contribution in [2.45, 2.75) is 6.17 Å². The molecule has 8 aromatic rings. The third-order valence-corrected chi connectivity index (χ3v) is 8.70. The van der Waals surface area contributed by atoms with E-state index in [4.69, 9.17) is 14.4 Å². The number of fused-ring (bicyclic) bond motifs is 5. The molecule has 1 unspecified atom stereocenters. The molecule has 0 bridgehead atoms. The highest BCUT2D eigenvalue weighted by molar-refractivity contribution is 6.17. The van der Waals surface area contributed by atoms with Crippen LogP contribution in [0.4, 0.5) is 0 Å². The van der Waals surface area contributed by atoms with E-state index >= 15 is 0 Å². The van der Waals surface area contributed by atoms with E-state index in [2.05, 4.69) is 108 Å². The molecule has 1 N–H and O–H groups in total. The molecule has 1 aliphatic heterocycles. The van der Waals surface area contributed by atoms with Gasteiger partial charge in [-0.2, -0.15) is 0 Å². The summed E-state index contributed by atoms with van der Waals surface area (Å²) in [6.07, 6.45) is -0.438. The molecular formula is C41H27N3O. The van der Waals surface area contributed by atoms with Crippen molar-refractivity contribution in [2.75, 3.05) is 0 Å². The molecule has 1 aromatic heterocycles. The summed E-state index contributed by atoms with van der Waals surface area (Å²) in [5.74, 6) is 1.58. The number of amidine groups is 2. The summed E-state index contributed by atoms with van der Waals surface area (Å²) in [4.78, 5) is 10.4. The zero-order valence-corrected chi connectivity index (χ0v) is 24.3. The maximum absolute atomic E-state index is 6.21. The lowest BCUT2D eigenvalue weighted by atomic mass is 9.97. The highest BCUT2D eigenvalue weighted by Crippen LogP contribution is 2.37. The van der Waals surface area contributed by atoms with Crippen molar-refractivity contribution in [3.05, 3.63) is 168 Å². The van der Waals surface area contributed by atoms with Crippen LogP contribution < -0.4 is 5.32 Å². The largest absolute Gasteiger partial charge is 0.456 e. The molecular weight excluding hydrogens is 550 g/mol. The smallest absolute Gasteiger partial charge is 0.170 e. The van der Waals surface area contributed by atoms with Crippen LogP contribution in [0.2, 0.25) is 0 Å². The van der Waals surface area contributed by atoms with E-state index in [1.165, 1.54) is 27.3 Å². The Morgan fingerprint density at radius 1 is 0.444 bits per heavy atom. The van der Waals surface area contributed by atoms with Gasteiger partial charge in [-0.3, -0.25) is 0 Å². The predicted molar refractivity (Wildman–Crippen MR) is 186 cm³/mol. The molecule has 2 heterocycles. The van der Waals surface area contributed by atoms with Gasteiger partial charge in [0.25, 0.3) is 0 Å². The summed E-state index contributed by atoms with van der Waals surface area (Å²) in [5, 5.41) is 10.5. The first-order valence-corrected chi connectivity index (χ1v) is 15.2. The van der Waals surface area contributed by atoms with E-state index in [0.717, 1.165) is 55.7 Å². The second-order valence-electron chi connectivity index (χ2n) is 11.5. The van der Waals surface area contributed by atoms with Gasteiger partial charge in [0.1, 0.15) is 22.8 Å². The summed E-state index contributed by atoms with van der Waals surface area (Å²) in [6.45, 7) is 0. The number of furan rings is 1. The average molecular weight is 578 g/mol. The number of para-hydroxylation sites is 1. The minimum atomic E-state index is -0.438. The van der Waals surface area contributed by atoms with Gasteiger partial charge in [-0.15, -0.1) is 0 Å². The van der Waals surface area contributed by atoms with Crippen molar-refractivity contribution in [1.82, 2.24) is 5.32 Å². The van der Waals surface area contributed by atoms with Crippen molar-refractivity contribution < 1.29 is 4.42 Å². The van der Waals surface area contributed by atoms with E-state index < -0.39 is 6.17 Å². The summed E-state index contributed by atoms with van der Waals surface area (Å²) in [5.41, 5.74) is 7.17. The van der Waals surface area contributed by atoms with Crippen LogP contribution in [0.15, 0.2) is 166 Å². The number of aliphatic imine (C=N–C) groups is 2. The van der Waals surface area contributed by atoms with Crippen LogP contribution in [-0.2, 0) is 0 Å². The molecule has 4 nitrogen and oxygen atoms in total. The Morgan fingerprint density at radius 2 is 1.02 bits per heavy atom. The molecule has 0 fully saturated rings. The van der Waals surface area contributed by atoms with Gasteiger partial charge in [0.05, 0.1) is 0 Å². The second kappa shape index (κ2) is 10.3. The number of hydrogen-bond donors (Lipinski definition) is 1. The fourth-order valence-electron chi connectivity index (χ4n) is 6.44. The van der Waals surface area contributed by atoms with E-state index in [1.807, 2.05) is 48.5 Å². The number of hydrogen-bond acceptors (Lipinski definition) is 4. The number of nitrogens with one attached hydrogen (secondary N) is 1. The molecule has 212 valence electrons. The second-order valence-corrected chi connectivity index (χ2v) is 11.5. The van der Waals surface area contributed by atoms with E-state index in [9.17, 15) is 0 Å². The summed E-state index contributed by atoms with van der Waals surface area (Å²) in [7, 11) is 0. The summed E-state index contributed by atoms with van der Waals surface area (Å²) < 4.78 is 6.21. The van der Waals surface area contributed by atoms with Gasteiger partial charge in [-0.25, -0.2) is 9.98 Å². The van der Waals surface area contributed by atoms with Gasteiger partial charge in [-0.05, 0) is 63.0 Å². The first-order valence-electron chi connectivity index (χ1n) is 15.2. The van der Waals surface area contributed by atoms with Crippen LogP contribution in [0.3, 0.4) is 0 Å². The van der Waals surface area contributed by atoms with Gasteiger partial charge >= 0.3 is 0 Å². The van der Waals surface area contributed by atoms with Gasteiger partial charge in [-0.1, -0.05) is 121 Å². The Balaban J connectivity index is 1.14.